The molecule has 2 fully saturated rings. The first-order chi connectivity index (χ1) is 22.9. The number of rotatable bonds is 6. The number of allylic oxidation sites excluding steroid dienone is 2. The van der Waals surface area contributed by atoms with Gasteiger partial charge in [-0.25, -0.2) is 4.90 Å². The lowest BCUT2D eigenvalue weighted by Crippen LogP contribution is -2.45. The number of Topliss-reactive ketones (excluding diaryl/α,β-unsaturated/α-hetero) is 1. The molecule has 0 spiro atoms. The number of methoxy groups -OCH3 is 1. The van der Waals surface area contributed by atoms with Gasteiger partial charge in [0.05, 0.1) is 35.5 Å². The molecule has 0 N–H and O–H groups in total. The highest BCUT2D eigenvalue weighted by Gasteiger charge is 2.82. The SMILES string of the molecule is COc1ccccc1N1C(=O)C2C(C1=O)C1(c3ccccc3)C(=O)C2(c2ccccc2)C(c2ccc(C)cc2)=C1c1ccc(C)cc1. The van der Waals surface area contributed by atoms with Crippen LogP contribution in [0.2, 0.25) is 0 Å². The molecule has 3 aliphatic rings. The smallest absolute Gasteiger partial charge is 0.239 e. The van der Waals surface area contributed by atoms with Crippen LogP contribution in [-0.4, -0.2) is 24.7 Å². The Morgan fingerprint density at radius 1 is 0.532 bits per heavy atom. The van der Waals surface area contributed by atoms with Gasteiger partial charge in [-0.15, -0.1) is 0 Å². The Hall–Kier alpha value is -5.55. The maximum atomic E-state index is 16.0. The number of aryl methyl sites for hydroxylation is 2. The van der Waals surface area contributed by atoms with E-state index >= 15 is 14.4 Å². The second-order valence-corrected chi connectivity index (χ2v) is 12.8. The molecule has 1 saturated heterocycles. The number of ketones is 1. The van der Waals surface area contributed by atoms with E-state index in [1.165, 1.54) is 12.0 Å². The Morgan fingerprint density at radius 2 is 0.936 bits per heavy atom. The van der Waals surface area contributed by atoms with Crippen molar-refractivity contribution in [2.24, 2.45) is 11.8 Å². The summed E-state index contributed by atoms with van der Waals surface area (Å²) in [6.07, 6.45) is 0. The summed E-state index contributed by atoms with van der Waals surface area (Å²) in [7, 11) is 1.53. The zero-order valence-corrected chi connectivity index (χ0v) is 26.4. The molecule has 47 heavy (non-hydrogen) atoms. The first kappa shape index (κ1) is 28.9. The molecule has 1 aliphatic heterocycles. The predicted octanol–water partition coefficient (Wildman–Crippen LogP) is 7.50. The second-order valence-electron chi connectivity index (χ2n) is 12.8. The summed E-state index contributed by atoms with van der Waals surface area (Å²) < 4.78 is 5.67. The van der Waals surface area contributed by atoms with E-state index in [-0.39, 0.29) is 5.78 Å². The van der Waals surface area contributed by atoms with E-state index in [9.17, 15) is 0 Å². The number of ether oxygens (including phenoxy) is 1. The molecule has 5 heteroatoms. The van der Waals surface area contributed by atoms with Crippen LogP contribution in [0.25, 0.3) is 11.1 Å². The minimum Gasteiger partial charge on any atom is -0.495 e. The quantitative estimate of drug-likeness (QED) is 0.186. The molecule has 2 bridgehead atoms. The maximum absolute atomic E-state index is 16.0. The van der Waals surface area contributed by atoms with Crippen molar-refractivity contribution < 1.29 is 19.1 Å². The Labute approximate surface area is 274 Å². The Morgan fingerprint density at radius 3 is 1.36 bits per heavy atom. The van der Waals surface area contributed by atoms with Crippen LogP contribution >= 0.6 is 0 Å². The molecule has 230 valence electrons. The molecule has 4 unspecified atom stereocenters. The lowest BCUT2D eigenvalue weighted by molar-refractivity contribution is -0.130. The minimum atomic E-state index is -1.44. The molecular formula is C42H33NO4. The van der Waals surface area contributed by atoms with E-state index in [1.807, 2.05) is 129 Å². The predicted molar refractivity (Wildman–Crippen MR) is 183 cm³/mol. The summed E-state index contributed by atoms with van der Waals surface area (Å²) in [6, 6.07) is 42.6. The van der Waals surface area contributed by atoms with Crippen molar-refractivity contribution in [1.82, 2.24) is 0 Å². The van der Waals surface area contributed by atoms with Crippen molar-refractivity contribution in [3.63, 3.8) is 0 Å². The van der Waals surface area contributed by atoms with Crippen LogP contribution in [-0.2, 0) is 25.2 Å². The van der Waals surface area contributed by atoms with Crippen molar-refractivity contribution in [3.8, 4) is 5.75 Å². The second kappa shape index (κ2) is 10.5. The van der Waals surface area contributed by atoms with Crippen molar-refractivity contribution in [2.45, 2.75) is 24.7 Å². The van der Waals surface area contributed by atoms with E-state index in [0.29, 0.717) is 22.6 Å². The molecule has 2 aliphatic carbocycles. The third-order valence-corrected chi connectivity index (χ3v) is 10.5. The molecule has 8 rings (SSSR count). The zero-order chi connectivity index (χ0) is 32.5. The van der Waals surface area contributed by atoms with E-state index in [1.54, 1.807) is 18.2 Å². The Bertz CT molecular complexity index is 1970. The van der Waals surface area contributed by atoms with Gasteiger partial charge >= 0.3 is 0 Å². The van der Waals surface area contributed by atoms with Crippen LogP contribution in [0, 0.1) is 25.7 Å². The van der Waals surface area contributed by atoms with Gasteiger partial charge in [-0.05, 0) is 59.4 Å². The average Bonchev–Trinajstić information content (AvgIpc) is 3.61. The van der Waals surface area contributed by atoms with E-state index < -0.39 is 34.5 Å². The van der Waals surface area contributed by atoms with Crippen molar-refractivity contribution in [3.05, 3.63) is 167 Å². The maximum Gasteiger partial charge on any atom is 0.239 e. The summed E-state index contributed by atoms with van der Waals surface area (Å²) >= 11 is 0. The van der Waals surface area contributed by atoms with Crippen LogP contribution in [0.4, 0.5) is 5.69 Å². The molecule has 0 aromatic heterocycles. The van der Waals surface area contributed by atoms with Gasteiger partial charge in [0.15, 0.2) is 5.78 Å². The van der Waals surface area contributed by atoms with Gasteiger partial charge in [-0.3, -0.25) is 14.4 Å². The average molecular weight is 616 g/mol. The molecule has 5 aromatic rings. The third kappa shape index (κ3) is 3.68. The fourth-order valence-corrected chi connectivity index (χ4v) is 8.62. The Kier molecular flexibility index (Phi) is 6.45. The fourth-order valence-electron chi connectivity index (χ4n) is 8.62. The highest BCUT2D eigenvalue weighted by Crippen LogP contribution is 2.74. The van der Waals surface area contributed by atoms with E-state index in [4.69, 9.17) is 4.74 Å². The number of hydrogen-bond acceptors (Lipinski definition) is 4. The first-order valence-electron chi connectivity index (χ1n) is 15.9. The number of hydrogen-bond donors (Lipinski definition) is 0. The highest BCUT2D eigenvalue weighted by atomic mass is 16.5. The molecule has 1 saturated carbocycles. The number of carbonyl (C=O) groups excluding carboxylic acids is 3. The molecule has 1 heterocycles. The van der Waals surface area contributed by atoms with Crippen molar-refractivity contribution in [1.29, 1.82) is 0 Å². The number of imide groups is 1. The number of fused-ring (bicyclic) bond motifs is 5. The van der Waals surface area contributed by atoms with Crippen LogP contribution in [0.3, 0.4) is 0 Å². The lowest BCUT2D eigenvalue weighted by Gasteiger charge is -2.39. The van der Waals surface area contributed by atoms with Crippen LogP contribution < -0.4 is 9.64 Å². The monoisotopic (exact) mass is 615 g/mol. The molecule has 0 radical (unpaired) electrons. The normalized spacial score (nSPS) is 24.7. The van der Waals surface area contributed by atoms with Gasteiger partial charge in [0, 0.05) is 0 Å². The van der Waals surface area contributed by atoms with Crippen LogP contribution in [0.15, 0.2) is 133 Å². The summed E-state index contributed by atoms with van der Waals surface area (Å²) in [5.41, 5.74) is 4.35. The zero-order valence-electron chi connectivity index (χ0n) is 26.4. The number of benzene rings is 5. The molecule has 2 amide bonds. The lowest BCUT2D eigenvalue weighted by atomic mass is 9.59. The first-order valence-corrected chi connectivity index (χ1v) is 15.9. The summed E-state index contributed by atoms with van der Waals surface area (Å²) in [5.74, 6) is -2.48. The highest BCUT2D eigenvalue weighted by molar-refractivity contribution is 6.39. The molecule has 5 aromatic carbocycles. The van der Waals surface area contributed by atoms with Crippen LogP contribution in [0.1, 0.15) is 33.4 Å². The fraction of sp³-hybridized carbons (Fsp3) is 0.167. The van der Waals surface area contributed by atoms with Gasteiger partial charge in [-0.1, -0.05) is 132 Å². The van der Waals surface area contributed by atoms with E-state index in [2.05, 4.69) is 0 Å². The van der Waals surface area contributed by atoms with Crippen molar-refractivity contribution >= 4 is 34.4 Å². The van der Waals surface area contributed by atoms with Gasteiger partial charge in [0.25, 0.3) is 0 Å². The Balaban J connectivity index is 1.56. The topological polar surface area (TPSA) is 63.7 Å². The number of carbonyl (C=O) groups is 3. The van der Waals surface area contributed by atoms with Gasteiger partial charge in [-0.2, -0.15) is 0 Å². The third-order valence-electron chi connectivity index (χ3n) is 10.5. The molecular weight excluding hydrogens is 582 g/mol. The largest absolute Gasteiger partial charge is 0.495 e. The molecule has 5 nitrogen and oxygen atoms in total. The summed E-state index contributed by atoms with van der Waals surface area (Å²) in [5, 5.41) is 0. The number of para-hydroxylation sites is 2. The van der Waals surface area contributed by atoms with Crippen LogP contribution in [0.5, 0.6) is 5.75 Å². The number of anilines is 1. The summed E-state index contributed by atoms with van der Waals surface area (Å²) in [6.45, 7) is 4.06. The minimum absolute atomic E-state index is 0.134. The standard InChI is InChI=1S/C42H33NO4/c1-26-18-22-28(23-19-26)34-35(29-24-20-27(2)21-25-29)42(31-14-8-5-9-15-31)37-36(41(34,40(42)46)30-12-6-4-7-13-30)38(44)43(39(37)45)32-16-10-11-17-33(32)47-3/h4-25,36-37H,1-3H3. The van der Waals surface area contributed by atoms with Gasteiger partial charge in [0.2, 0.25) is 11.8 Å². The van der Waals surface area contributed by atoms with E-state index in [0.717, 1.165) is 33.4 Å². The summed E-state index contributed by atoms with van der Waals surface area (Å²) in [4.78, 5) is 47.6. The molecule has 4 atom stereocenters. The van der Waals surface area contributed by atoms with Gasteiger partial charge < -0.3 is 4.74 Å². The van der Waals surface area contributed by atoms with Crippen molar-refractivity contribution in [2.75, 3.05) is 12.0 Å². The number of amides is 2. The van der Waals surface area contributed by atoms with Gasteiger partial charge in [0.1, 0.15) is 5.75 Å². The number of nitrogens with zero attached hydrogens (tertiary/aromatic N) is 1.